The van der Waals surface area contributed by atoms with Crippen molar-refractivity contribution in [3.05, 3.63) is 29.8 Å². The van der Waals surface area contributed by atoms with Crippen molar-refractivity contribution in [2.75, 3.05) is 6.54 Å². The average molecular weight is 221 g/mol. The Morgan fingerprint density at radius 1 is 1.38 bits per heavy atom. The Hall–Kier alpha value is -1.55. The minimum absolute atomic E-state index is 0.0407. The van der Waals surface area contributed by atoms with Crippen LogP contribution in [0, 0.1) is 0 Å². The van der Waals surface area contributed by atoms with Crippen molar-refractivity contribution in [1.29, 1.82) is 0 Å². The Balaban J connectivity index is 2.05. The van der Waals surface area contributed by atoms with E-state index in [1.165, 1.54) is 0 Å². The molecule has 16 heavy (non-hydrogen) atoms. The van der Waals surface area contributed by atoms with E-state index in [4.69, 9.17) is 5.11 Å². The highest BCUT2D eigenvalue weighted by molar-refractivity contribution is 5.69. The monoisotopic (exact) mass is 221 g/mol. The molecule has 1 aliphatic rings. The fourth-order valence-corrected chi connectivity index (χ4v) is 1.79. The molecule has 0 spiro atoms. The number of hydrogen-bond acceptors (Lipinski definition) is 3. The van der Waals surface area contributed by atoms with Crippen LogP contribution in [0.2, 0.25) is 0 Å². The van der Waals surface area contributed by atoms with Crippen molar-refractivity contribution < 1.29 is 15.0 Å². The van der Waals surface area contributed by atoms with Crippen LogP contribution in [-0.2, 0) is 11.3 Å². The minimum Gasteiger partial charge on any atom is -0.508 e. The second-order valence-electron chi connectivity index (χ2n) is 4.16. The van der Waals surface area contributed by atoms with Gasteiger partial charge in [0, 0.05) is 18.2 Å². The Labute approximate surface area is 94.1 Å². The molecule has 1 aliphatic carbocycles. The highest BCUT2D eigenvalue weighted by atomic mass is 16.4. The number of phenolic OH excluding ortho intramolecular Hbond substituents is 1. The first kappa shape index (κ1) is 11.0. The van der Waals surface area contributed by atoms with Crippen LogP contribution in [0.5, 0.6) is 5.75 Å². The molecular weight excluding hydrogens is 206 g/mol. The molecule has 86 valence electrons. The summed E-state index contributed by atoms with van der Waals surface area (Å²) in [5.74, 6) is -0.583. The average Bonchev–Trinajstić information content (AvgIpc) is 3.03. The predicted molar refractivity (Wildman–Crippen MR) is 59.2 cm³/mol. The van der Waals surface area contributed by atoms with Crippen molar-refractivity contribution in [3.8, 4) is 5.75 Å². The maximum atomic E-state index is 10.7. The van der Waals surface area contributed by atoms with Gasteiger partial charge in [-0.3, -0.25) is 9.69 Å². The van der Waals surface area contributed by atoms with Gasteiger partial charge in [0.1, 0.15) is 5.75 Å². The van der Waals surface area contributed by atoms with Gasteiger partial charge in [-0.15, -0.1) is 0 Å². The summed E-state index contributed by atoms with van der Waals surface area (Å²) in [6, 6.07) is 7.43. The van der Waals surface area contributed by atoms with E-state index < -0.39 is 5.97 Å². The lowest BCUT2D eigenvalue weighted by molar-refractivity contribution is -0.138. The molecule has 4 heteroatoms. The molecule has 0 radical (unpaired) electrons. The summed E-state index contributed by atoms with van der Waals surface area (Å²) in [6.07, 6.45) is 2.11. The van der Waals surface area contributed by atoms with E-state index in [2.05, 4.69) is 0 Å². The highest BCUT2D eigenvalue weighted by Gasteiger charge is 2.30. The van der Waals surface area contributed by atoms with Gasteiger partial charge in [-0.05, 0) is 18.9 Å². The van der Waals surface area contributed by atoms with Gasteiger partial charge in [0.15, 0.2) is 0 Å². The van der Waals surface area contributed by atoms with Crippen molar-refractivity contribution in [1.82, 2.24) is 4.90 Å². The van der Waals surface area contributed by atoms with Crippen LogP contribution in [0.3, 0.4) is 0 Å². The molecule has 0 atom stereocenters. The molecule has 0 saturated heterocycles. The van der Waals surface area contributed by atoms with E-state index in [9.17, 15) is 9.90 Å². The number of para-hydroxylation sites is 1. The third-order valence-electron chi connectivity index (χ3n) is 2.77. The minimum atomic E-state index is -0.817. The second kappa shape index (κ2) is 4.53. The molecule has 0 heterocycles. The van der Waals surface area contributed by atoms with E-state index in [0.29, 0.717) is 12.6 Å². The normalized spacial score (nSPS) is 15.3. The van der Waals surface area contributed by atoms with Crippen LogP contribution in [0.15, 0.2) is 24.3 Å². The summed E-state index contributed by atoms with van der Waals surface area (Å²) < 4.78 is 0. The molecule has 1 aromatic carbocycles. The third kappa shape index (κ3) is 2.73. The molecule has 0 aliphatic heterocycles. The summed E-state index contributed by atoms with van der Waals surface area (Å²) >= 11 is 0. The SMILES string of the molecule is O=C(O)CN(Cc1ccccc1O)C1CC1. The largest absolute Gasteiger partial charge is 0.508 e. The van der Waals surface area contributed by atoms with Gasteiger partial charge in [0.25, 0.3) is 0 Å². The van der Waals surface area contributed by atoms with E-state index in [1.54, 1.807) is 12.1 Å². The molecule has 2 rings (SSSR count). The topological polar surface area (TPSA) is 60.8 Å². The van der Waals surface area contributed by atoms with Crippen LogP contribution < -0.4 is 0 Å². The van der Waals surface area contributed by atoms with Gasteiger partial charge in [-0.25, -0.2) is 0 Å². The van der Waals surface area contributed by atoms with Crippen LogP contribution >= 0.6 is 0 Å². The van der Waals surface area contributed by atoms with Crippen LogP contribution in [0.25, 0.3) is 0 Å². The number of carbonyl (C=O) groups is 1. The Bertz CT molecular complexity index is 388. The zero-order valence-corrected chi connectivity index (χ0v) is 8.97. The van der Waals surface area contributed by atoms with Gasteiger partial charge < -0.3 is 10.2 Å². The molecule has 0 amide bonds. The van der Waals surface area contributed by atoms with Gasteiger partial charge in [-0.2, -0.15) is 0 Å². The first-order valence-electron chi connectivity index (χ1n) is 5.39. The zero-order valence-electron chi connectivity index (χ0n) is 8.97. The second-order valence-corrected chi connectivity index (χ2v) is 4.16. The quantitative estimate of drug-likeness (QED) is 0.789. The van der Waals surface area contributed by atoms with Crippen molar-refractivity contribution in [3.63, 3.8) is 0 Å². The van der Waals surface area contributed by atoms with Crippen molar-refractivity contribution in [2.24, 2.45) is 0 Å². The number of phenols is 1. The Morgan fingerprint density at radius 3 is 2.62 bits per heavy atom. The number of carboxylic acid groups (broad SMARTS) is 1. The highest BCUT2D eigenvalue weighted by Crippen LogP contribution is 2.29. The lowest BCUT2D eigenvalue weighted by Gasteiger charge is -2.20. The summed E-state index contributed by atoms with van der Waals surface area (Å²) in [5, 5.41) is 18.4. The van der Waals surface area contributed by atoms with E-state index in [0.717, 1.165) is 18.4 Å². The summed E-state index contributed by atoms with van der Waals surface area (Å²) in [6.45, 7) is 0.544. The zero-order chi connectivity index (χ0) is 11.5. The number of carboxylic acids is 1. The van der Waals surface area contributed by atoms with Gasteiger partial charge in [-0.1, -0.05) is 18.2 Å². The summed E-state index contributed by atoms with van der Waals surface area (Å²) in [4.78, 5) is 12.6. The van der Waals surface area contributed by atoms with Gasteiger partial charge in [0.2, 0.25) is 0 Å². The number of rotatable bonds is 5. The van der Waals surface area contributed by atoms with E-state index in [1.807, 2.05) is 17.0 Å². The predicted octanol–water partition coefficient (Wildman–Crippen LogP) is 1.44. The molecule has 0 aromatic heterocycles. The molecule has 2 N–H and O–H groups in total. The molecule has 1 fully saturated rings. The summed E-state index contributed by atoms with van der Waals surface area (Å²) in [5.41, 5.74) is 0.788. The summed E-state index contributed by atoms with van der Waals surface area (Å²) in [7, 11) is 0. The molecule has 0 bridgehead atoms. The smallest absolute Gasteiger partial charge is 0.317 e. The van der Waals surface area contributed by atoms with Crippen LogP contribution in [0.1, 0.15) is 18.4 Å². The Morgan fingerprint density at radius 2 is 2.06 bits per heavy atom. The first-order valence-corrected chi connectivity index (χ1v) is 5.39. The lowest BCUT2D eigenvalue weighted by Crippen LogP contribution is -2.31. The van der Waals surface area contributed by atoms with Crippen LogP contribution in [0.4, 0.5) is 0 Å². The van der Waals surface area contributed by atoms with Gasteiger partial charge >= 0.3 is 5.97 Å². The first-order chi connectivity index (χ1) is 7.66. The fourth-order valence-electron chi connectivity index (χ4n) is 1.79. The Kier molecular flexibility index (Phi) is 3.10. The maximum absolute atomic E-state index is 10.7. The number of hydrogen-bond donors (Lipinski definition) is 2. The van der Waals surface area contributed by atoms with E-state index >= 15 is 0 Å². The number of aromatic hydroxyl groups is 1. The third-order valence-corrected chi connectivity index (χ3v) is 2.77. The molecule has 1 aromatic rings. The number of benzene rings is 1. The standard InChI is InChI=1S/C12H15NO3/c14-11-4-2-1-3-9(11)7-13(8-12(15)16)10-5-6-10/h1-4,10,14H,5-8H2,(H,15,16). The van der Waals surface area contributed by atoms with Crippen LogP contribution in [-0.4, -0.2) is 33.7 Å². The van der Waals surface area contributed by atoms with Crippen molar-refractivity contribution in [2.45, 2.75) is 25.4 Å². The van der Waals surface area contributed by atoms with E-state index in [-0.39, 0.29) is 12.3 Å². The lowest BCUT2D eigenvalue weighted by atomic mass is 10.2. The number of aliphatic carboxylic acids is 1. The fraction of sp³-hybridized carbons (Fsp3) is 0.417. The molecule has 0 unspecified atom stereocenters. The van der Waals surface area contributed by atoms with Crippen molar-refractivity contribution >= 4 is 5.97 Å². The molecule has 4 nitrogen and oxygen atoms in total. The number of nitrogens with zero attached hydrogens (tertiary/aromatic N) is 1. The molecule has 1 saturated carbocycles. The maximum Gasteiger partial charge on any atom is 0.317 e. The van der Waals surface area contributed by atoms with Gasteiger partial charge in [0.05, 0.1) is 6.54 Å². The molecular formula is C12H15NO3.